The van der Waals surface area contributed by atoms with Crippen molar-refractivity contribution < 1.29 is 12.6 Å². The predicted octanol–water partition coefficient (Wildman–Crippen LogP) is 2.30. The van der Waals surface area contributed by atoms with Crippen molar-refractivity contribution in [2.45, 2.75) is 13.8 Å². The van der Waals surface area contributed by atoms with E-state index in [1.807, 2.05) is 6.92 Å². The van der Waals surface area contributed by atoms with Crippen molar-refractivity contribution in [1.29, 1.82) is 0 Å². The summed E-state index contributed by atoms with van der Waals surface area (Å²) in [6.45, 7) is 3.58. The Hall–Kier alpha value is -0.740. The molecule has 14 heavy (non-hydrogen) atoms. The fraction of sp³-hybridized carbons (Fsp3) is 0.333. The zero-order valence-corrected chi connectivity index (χ0v) is 9.74. The highest BCUT2D eigenvalue weighted by Gasteiger charge is 2.10. The summed E-state index contributed by atoms with van der Waals surface area (Å²) >= 11 is 5.85. The lowest BCUT2D eigenvalue weighted by atomic mass is 10.1. The number of benzene rings is 1. The second-order valence-corrected chi connectivity index (χ2v) is 5.07. The second-order valence-electron chi connectivity index (χ2n) is 3.08. The van der Waals surface area contributed by atoms with E-state index in [0.717, 1.165) is 17.4 Å². The molecule has 0 aliphatic heterocycles. The van der Waals surface area contributed by atoms with E-state index < -0.39 is 10.1 Å². The number of hydrogen-bond donors (Lipinski definition) is 0. The van der Waals surface area contributed by atoms with Gasteiger partial charge in [0, 0.05) is 5.02 Å². The summed E-state index contributed by atoms with van der Waals surface area (Å²) in [6.07, 6.45) is 1.01. The summed E-state index contributed by atoms with van der Waals surface area (Å²) in [6, 6.07) is 3.16. The standard InChI is InChI=1S/C9H11ClO3S/c1-6-7(2)9(5-4-8(6)10)13-14(3,11)12/h4-5H,1-3H3. The maximum absolute atomic E-state index is 10.9. The van der Waals surface area contributed by atoms with Gasteiger partial charge < -0.3 is 4.18 Å². The highest BCUT2D eigenvalue weighted by atomic mass is 35.5. The Bertz CT molecular complexity index is 451. The molecule has 0 saturated heterocycles. The molecule has 0 fully saturated rings. The van der Waals surface area contributed by atoms with Crippen molar-refractivity contribution in [3.05, 3.63) is 28.3 Å². The SMILES string of the molecule is Cc1c(Cl)ccc(OS(C)(=O)=O)c1C. The Balaban J connectivity index is 3.19. The van der Waals surface area contributed by atoms with Gasteiger partial charge in [0.05, 0.1) is 6.26 Å². The Morgan fingerprint density at radius 3 is 2.29 bits per heavy atom. The van der Waals surface area contributed by atoms with Crippen LogP contribution < -0.4 is 4.18 Å². The van der Waals surface area contributed by atoms with Crippen LogP contribution in [-0.4, -0.2) is 14.7 Å². The number of halogens is 1. The highest BCUT2D eigenvalue weighted by Crippen LogP contribution is 2.27. The maximum Gasteiger partial charge on any atom is 0.306 e. The molecule has 3 nitrogen and oxygen atoms in total. The molecule has 0 aliphatic carbocycles. The first-order valence-corrected chi connectivity index (χ1v) is 6.16. The van der Waals surface area contributed by atoms with Crippen LogP contribution >= 0.6 is 11.6 Å². The van der Waals surface area contributed by atoms with E-state index in [4.69, 9.17) is 15.8 Å². The highest BCUT2D eigenvalue weighted by molar-refractivity contribution is 7.86. The van der Waals surface area contributed by atoms with Crippen molar-refractivity contribution in [3.8, 4) is 5.75 Å². The van der Waals surface area contributed by atoms with Crippen LogP contribution in [0.2, 0.25) is 5.02 Å². The molecule has 0 heterocycles. The molecular weight excluding hydrogens is 224 g/mol. The quantitative estimate of drug-likeness (QED) is 0.738. The van der Waals surface area contributed by atoms with Gasteiger partial charge in [-0.3, -0.25) is 0 Å². The predicted molar refractivity (Wildman–Crippen MR) is 56.4 cm³/mol. The fourth-order valence-corrected chi connectivity index (χ4v) is 1.73. The normalized spacial score (nSPS) is 11.4. The van der Waals surface area contributed by atoms with Crippen molar-refractivity contribution in [2.24, 2.45) is 0 Å². The molecule has 1 rings (SSSR count). The van der Waals surface area contributed by atoms with Crippen molar-refractivity contribution >= 4 is 21.7 Å². The Morgan fingerprint density at radius 1 is 1.21 bits per heavy atom. The zero-order valence-electron chi connectivity index (χ0n) is 8.17. The molecule has 0 N–H and O–H groups in total. The second kappa shape index (κ2) is 3.79. The van der Waals surface area contributed by atoms with Gasteiger partial charge >= 0.3 is 10.1 Å². The molecule has 0 aliphatic rings. The Kier molecular flexibility index (Phi) is 3.07. The van der Waals surface area contributed by atoms with Crippen LogP contribution in [0.3, 0.4) is 0 Å². The van der Waals surface area contributed by atoms with E-state index in [9.17, 15) is 8.42 Å². The molecule has 0 radical (unpaired) electrons. The molecule has 0 aromatic heterocycles. The molecule has 0 bridgehead atoms. The first kappa shape index (κ1) is 11.3. The van der Waals surface area contributed by atoms with E-state index >= 15 is 0 Å². The third-order valence-corrected chi connectivity index (χ3v) is 2.80. The zero-order chi connectivity index (χ0) is 10.9. The third-order valence-electron chi connectivity index (χ3n) is 1.91. The molecule has 0 spiro atoms. The molecule has 1 aromatic carbocycles. The van der Waals surface area contributed by atoms with E-state index in [-0.39, 0.29) is 0 Å². The van der Waals surface area contributed by atoms with Crippen LogP contribution in [0.5, 0.6) is 5.75 Å². The van der Waals surface area contributed by atoms with Crippen molar-refractivity contribution in [3.63, 3.8) is 0 Å². The summed E-state index contributed by atoms with van der Waals surface area (Å²) in [5.74, 6) is 0.328. The summed E-state index contributed by atoms with van der Waals surface area (Å²) in [4.78, 5) is 0. The minimum absolute atomic E-state index is 0.328. The Labute approximate surface area is 88.8 Å². The average molecular weight is 235 g/mol. The van der Waals surface area contributed by atoms with Gasteiger partial charge in [-0.2, -0.15) is 8.42 Å². The van der Waals surface area contributed by atoms with Crippen molar-refractivity contribution in [2.75, 3.05) is 6.26 Å². The first-order chi connectivity index (χ1) is 6.31. The summed E-state index contributed by atoms with van der Waals surface area (Å²) in [7, 11) is -3.47. The Morgan fingerprint density at radius 2 is 1.79 bits per heavy atom. The lowest BCUT2D eigenvalue weighted by Crippen LogP contribution is -2.07. The van der Waals surface area contributed by atoms with Gasteiger partial charge in [0.25, 0.3) is 0 Å². The van der Waals surface area contributed by atoms with Crippen molar-refractivity contribution in [1.82, 2.24) is 0 Å². The van der Waals surface area contributed by atoms with Crippen LogP contribution in [-0.2, 0) is 10.1 Å². The smallest absolute Gasteiger partial charge is 0.306 e. The van der Waals surface area contributed by atoms with E-state index in [1.54, 1.807) is 19.1 Å². The van der Waals surface area contributed by atoms with Crippen LogP contribution in [0.1, 0.15) is 11.1 Å². The topological polar surface area (TPSA) is 43.4 Å². The maximum atomic E-state index is 10.9. The van der Waals surface area contributed by atoms with Crippen LogP contribution in [0.25, 0.3) is 0 Å². The number of hydrogen-bond acceptors (Lipinski definition) is 3. The summed E-state index contributed by atoms with van der Waals surface area (Å²) in [5.41, 5.74) is 1.57. The fourth-order valence-electron chi connectivity index (χ4n) is 1.02. The monoisotopic (exact) mass is 234 g/mol. The van der Waals surface area contributed by atoms with E-state index in [0.29, 0.717) is 10.8 Å². The van der Waals surface area contributed by atoms with Gasteiger partial charge in [0.15, 0.2) is 0 Å². The van der Waals surface area contributed by atoms with Gasteiger partial charge in [-0.1, -0.05) is 11.6 Å². The van der Waals surface area contributed by atoms with Crippen LogP contribution in [0.15, 0.2) is 12.1 Å². The number of rotatable bonds is 2. The average Bonchev–Trinajstić information content (AvgIpc) is 2.04. The van der Waals surface area contributed by atoms with Gasteiger partial charge in [-0.05, 0) is 37.1 Å². The molecule has 0 amide bonds. The largest absolute Gasteiger partial charge is 0.382 e. The molecular formula is C9H11ClO3S. The van der Waals surface area contributed by atoms with Gasteiger partial charge in [0.1, 0.15) is 5.75 Å². The first-order valence-electron chi connectivity index (χ1n) is 3.96. The molecule has 1 aromatic rings. The van der Waals surface area contributed by atoms with E-state index in [1.165, 1.54) is 0 Å². The lowest BCUT2D eigenvalue weighted by Gasteiger charge is -2.09. The molecule has 0 saturated carbocycles. The lowest BCUT2D eigenvalue weighted by molar-refractivity contribution is 0.491. The molecule has 0 atom stereocenters. The van der Waals surface area contributed by atoms with Gasteiger partial charge in [0.2, 0.25) is 0 Å². The third kappa shape index (κ3) is 2.62. The van der Waals surface area contributed by atoms with Gasteiger partial charge in [-0.25, -0.2) is 0 Å². The summed E-state index contributed by atoms with van der Waals surface area (Å²) in [5, 5.41) is 0.600. The van der Waals surface area contributed by atoms with Crippen LogP contribution in [0, 0.1) is 13.8 Å². The molecule has 0 unspecified atom stereocenters. The van der Waals surface area contributed by atoms with Gasteiger partial charge in [-0.15, -0.1) is 0 Å². The molecule has 5 heteroatoms. The summed E-state index contributed by atoms with van der Waals surface area (Å²) < 4.78 is 26.6. The minimum atomic E-state index is -3.47. The van der Waals surface area contributed by atoms with Crippen LogP contribution in [0.4, 0.5) is 0 Å². The molecule has 78 valence electrons. The van der Waals surface area contributed by atoms with E-state index in [2.05, 4.69) is 0 Å². The minimum Gasteiger partial charge on any atom is -0.382 e.